The van der Waals surface area contributed by atoms with Gasteiger partial charge in [-0.25, -0.2) is 0 Å². The van der Waals surface area contributed by atoms with Crippen LogP contribution in [0.25, 0.3) is 0 Å². The summed E-state index contributed by atoms with van der Waals surface area (Å²) in [6, 6.07) is 0. The van der Waals surface area contributed by atoms with Crippen molar-refractivity contribution in [3.05, 3.63) is 0 Å². The molecule has 0 aliphatic heterocycles. The molecule has 0 aromatic carbocycles. The molecule has 28 heavy (non-hydrogen) atoms. The monoisotopic (exact) mass is 447 g/mol. The van der Waals surface area contributed by atoms with Gasteiger partial charge in [-0.3, -0.25) is 4.90 Å². The Balaban J connectivity index is 0. The van der Waals surface area contributed by atoms with Gasteiger partial charge in [-0.05, 0) is 11.8 Å². The molecule has 162 valence electrons. The van der Waals surface area contributed by atoms with E-state index >= 15 is 0 Å². The third kappa shape index (κ3) is 18.9. The summed E-state index contributed by atoms with van der Waals surface area (Å²) in [6.45, 7) is 11.8. The Kier molecular flexibility index (Phi) is 22.0. The van der Waals surface area contributed by atoms with Crippen LogP contribution in [-0.2, 0) is 26.8 Å². The number of thiocarbonyl (C=S) groups is 1. The molecule has 4 unspecified atom stereocenters. The summed E-state index contributed by atoms with van der Waals surface area (Å²) in [6.07, 6.45) is 0.808. The second-order valence-electron chi connectivity index (χ2n) is 7.27. The summed E-state index contributed by atoms with van der Waals surface area (Å²) in [5, 5.41) is 20.5. The molecule has 0 fully saturated rings. The molecule has 0 aromatic heterocycles. The largest absolute Gasteiger partial charge is 1.00 e. The van der Waals surface area contributed by atoms with Crippen molar-refractivity contribution < 1.29 is 54.0 Å². The minimum Gasteiger partial charge on any atom is -0.512 e. The van der Waals surface area contributed by atoms with Crippen molar-refractivity contribution in [1.82, 2.24) is 4.90 Å². The summed E-state index contributed by atoms with van der Waals surface area (Å²) >= 11 is 9.49. The summed E-state index contributed by atoms with van der Waals surface area (Å²) < 4.78 is 16.4. The SMILES string of the molecule is CCC(C)COCC(O)CN(CCOC(=S)[S-])CC(O)COCC(C)CC.[Na+]. The van der Waals surface area contributed by atoms with Gasteiger partial charge in [0.05, 0.1) is 32.0 Å². The van der Waals surface area contributed by atoms with E-state index in [-0.39, 0.29) is 47.2 Å². The van der Waals surface area contributed by atoms with E-state index in [2.05, 4.69) is 27.7 Å². The normalized spacial score (nSPS) is 15.5. The predicted molar refractivity (Wildman–Crippen MR) is 115 cm³/mol. The van der Waals surface area contributed by atoms with Gasteiger partial charge in [0.2, 0.25) is 0 Å². The molecule has 4 atom stereocenters. The minimum absolute atomic E-state index is 0. The van der Waals surface area contributed by atoms with Crippen LogP contribution in [0.2, 0.25) is 0 Å². The van der Waals surface area contributed by atoms with E-state index in [4.69, 9.17) is 39.1 Å². The standard InChI is InChI=1S/C19H39NO5S2.Na/c1-5-15(3)11-23-13-17(21)9-20(7-8-25-19(26)27)10-18(22)14-24-12-16(4)6-2;/h15-18,21-22H,5-14H2,1-4H3,(H,26,27);/q;+1/p-1. The Hall–Kier alpha value is 0.910. The van der Waals surface area contributed by atoms with Crippen LogP contribution in [0.5, 0.6) is 0 Å². The van der Waals surface area contributed by atoms with Crippen molar-refractivity contribution in [1.29, 1.82) is 0 Å². The van der Waals surface area contributed by atoms with Crippen LogP contribution < -0.4 is 29.6 Å². The van der Waals surface area contributed by atoms with E-state index in [1.54, 1.807) is 0 Å². The molecule has 0 bridgehead atoms. The zero-order valence-corrected chi connectivity index (χ0v) is 21.9. The number of hydrogen-bond donors (Lipinski definition) is 2. The first-order valence-electron chi connectivity index (χ1n) is 9.86. The molecule has 0 aliphatic carbocycles. The van der Waals surface area contributed by atoms with Crippen molar-refractivity contribution >= 4 is 29.2 Å². The number of nitrogens with zero attached hydrogens (tertiary/aromatic N) is 1. The molecule has 6 nitrogen and oxygen atoms in total. The van der Waals surface area contributed by atoms with Crippen molar-refractivity contribution in [2.24, 2.45) is 11.8 Å². The van der Waals surface area contributed by atoms with E-state index in [1.807, 2.05) is 4.90 Å². The Bertz CT molecular complexity index is 358. The van der Waals surface area contributed by atoms with Crippen molar-refractivity contribution in [2.75, 3.05) is 52.7 Å². The quantitative estimate of drug-likeness (QED) is 0.167. The number of aliphatic hydroxyl groups excluding tert-OH is 2. The third-order valence-electron chi connectivity index (χ3n) is 4.38. The molecule has 0 spiro atoms. The van der Waals surface area contributed by atoms with E-state index < -0.39 is 12.2 Å². The Labute approximate surface area is 204 Å². The van der Waals surface area contributed by atoms with Gasteiger partial charge in [-0.15, -0.1) is 0 Å². The topological polar surface area (TPSA) is 71.4 Å². The molecular weight excluding hydrogens is 409 g/mol. The second kappa shape index (κ2) is 19.8. The molecular formula is C19H38NNaO5S2. The smallest absolute Gasteiger partial charge is 0.512 e. The molecule has 0 rings (SSSR count). The van der Waals surface area contributed by atoms with Gasteiger partial charge >= 0.3 is 29.6 Å². The fourth-order valence-corrected chi connectivity index (χ4v) is 2.43. The first kappa shape index (κ1) is 31.1. The molecule has 0 heterocycles. The average molecular weight is 448 g/mol. The van der Waals surface area contributed by atoms with Crippen LogP contribution in [0.15, 0.2) is 0 Å². The van der Waals surface area contributed by atoms with E-state index in [1.165, 1.54) is 0 Å². The molecule has 0 aromatic rings. The predicted octanol–water partition coefficient (Wildman–Crippen LogP) is -1.01. The fraction of sp³-hybridized carbons (Fsp3) is 0.947. The maximum atomic E-state index is 10.2. The molecule has 2 N–H and O–H groups in total. The van der Waals surface area contributed by atoms with Crippen LogP contribution in [-0.4, -0.2) is 84.4 Å². The molecule has 0 saturated heterocycles. The van der Waals surface area contributed by atoms with Crippen LogP contribution in [0.4, 0.5) is 0 Å². The number of aliphatic hydroxyl groups is 2. The summed E-state index contributed by atoms with van der Waals surface area (Å²) in [4.78, 5) is 1.92. The van der Waals surface area contributed by atoms with Crippen LogP contribution in [0, 0.1) is 11.8 Å². The van der Waals surface area contributed by atoms with Crippen LogP contribution in [0.3, 0.4) is 0 Å². The van der Waals surface area contributed by atoms with Gasteiger partial charge in [-0.1, -0.05) is 40.5 Å². The second-order valence-corrected chi connectivity index (χ2v) is 8.27. The van der Waals surface area contributed by atoms with Gasteiger partial charge < -0.3 is 49.3 Å². The van der Waals surface area contributed by atoms with Crippen molar-refractivity contribution in [3.8, 4) is 0 Å². The first-order chi connectivity index (χ1) is 12.8. The molecule has 0 aliphatic rings. The zero-order valence-electron chi connectivity index (χ0n) is 18.3. The van der Waals surface area contributed by atoms with E-state index in [9.17, 15) is 10.2 Å². The Morgan fingerprint density at radius 1 is 0.929 bits per heavy atom. The molecule has 9 heteroatoms. The van der Waals surface area contributed by atoms with Gasteiger partial charge in [0, 0.05) is 37.2 Å². The first-order valence-corrected chi connectivity index (χ1v) is 10.7. The summed E-state index contributed by atoms with van der Waals surface area (Å²) in [5.41, 5.74) is 0. The molecule has 0 amide bonds. The maximum Gasteiger partial charge on any atom is 1.00 e. The van der Waals surface area contributed by atoms with Crippen LogP contribution in [0.1, 0.15) is 40.5 Å². The van der Waals surface area contributed by atoms with Crippen molar-refractivity contribution in [3.63, 3.8) is 0 Å². The summed E-state index contributed by atoms with van der Waals surface area (Å²) in [5.74, 6) is 0.943. The molecule has 0 saturated carbocycles. The number of ether oxygens (including phenoxy) is 3. The number of hydrogen-bond acceptors (Lipinski definition) is 8. The van der Waals surface area contributed by atoms with Gasteiger partial charge in [-0.2, -0.15) is 0 Å². The van der Waals surface area contributed by atoms with Crippen molar-refractivity contribution in [2.45, 2.75) is 52.7 Å². The average Bonchev–Trinajstić information content (AvgIpc) is 2.60. The van der Waals surface area contributed by atoms with E-state index in [0.29, 0.717) is 51.3 Å². The Morgan fingerprint density at radius 3 is 1.71 bits per heavy atom. The fourth-order valence-electron chi connectivity index (χ4n) is 2.26. The van der Waals surface area contributed by atoms with Gasteiger partial charge in [0.1, 0.15) is 0 Å². The zero-order chi connectivity index (χ0) is 20.7. The van der Waals surface area contributed by atoms with Gasteiger partial charge in [0.25, 0.3) is 0 Å². The number of rotatable bonds is 17. The Morgan fingerprint density at radius 2 is 1.36 bits per heavy atom. The third-order valence-corrected chi connectivity index (χ3v) is 4.62. The van der Waals surface area contributed by atoms with Gasteiger partial charge in [0.15, 0.2) is 0 Å². The minimum atomic E-state index is -0.641. The van der Waals surface area contributed by atoms with Crippen LogP contribution >= 0.6 is 12.2 Å². The molecule has 0 radical (unpaired) electrons. The maximum absolute atomic E-state index is 10.2. The van der Waals surface area contributed by atoms with E-state index in [0.717, 1.165) is 12.8 Å². The summed E-state index contributed by atoms with van der Waals surface area (Å²) in [7, 11) is 0.